The molecule has 5 rings (SSSR count). The Morgan fingerprint density at radius 1 is 1.19 bits per heavy atom. The Bertz CT molecular complexity index is 903. The average Bonchev–Trinajstić information content (AvgIpc) is 3.11. The van der Waals surface area contributed by atoms with Gasteiger partial charge >= 0.3 is 5.97 Å². The van der Waals surface area contributed by atoms with Gasteiger partial charge in [-0.25, -0.2) is 0 Å². The van der Waals surface area contributed by atoms with Crippen LogP contribution in [0.15, 0.2) is 42.0 Å². The number of aliphatic hydroxyl groups excluding tert-OH is 1. The van der Waals surface area contributed by atoms with Crippen molar-refractivity contribution in [3.63, 3.8) is 0 Å². The first-order valence-corrected chi connectivity index (χ1v) is 12.3. The molecular weight excluding hydrogens is 402 g/mol. The molecule has 2 aliphatic carbocycles. The van der Waals surface area contributed by atoms with Crippen LogP contribution in [-0.4, -0.2) is 53.6 Å². The van der Waals surface area contributed by atoms with Crippen LogP contribution in [0.4, 0.5) is 0 Å². The maximum absolute atomic E-state index is 12.9. The molecule has 2 heterocycles. The van der Waals surface area contributed by atoms with Gasteiger partial charge in [-0.15, -0.1) is 0 Å². The minimum atomic E-state index is -0.559. The molecule has 1 aromatic carbocycles. The van der Waals surface area contributed by atoms with E-state index < -0.39 is 6.10 Å². The number of hydrogen-bond donors (Lipinski definition) is 1. The van der Waals surface area contributed by atoms with Crippen molar-refractivity contribution >= 4 is 11.8 Å². The number of aliphatic hydroxyl groups is 1. The molecule has 0 radical (unpaired) electrons. The Balaban J connectivity index is 1.25. The van der Waals surface area contributed by atoms with Gasteiger partial charge < -0.3 is 14.7 Å². The smallest absolute Gasteiger partial charge is 0.311 e. The molecule has 2 saturated heterocycles. The van der Waals surface area contributed by atoms with E-state index in [1.54, 1.807) is 0 Å². The second kappa shape index (κ2) is 8.42. The third-order valence-electron chi connectivity index (χ3n) is 9.04. The summed E-state index contributed by atoms with van der Waals surface area (Å²) in [4.78, 5) is 28.0. The van der Waals surface area contributed by atoms with Crippen LogP contribution in [0.3, 0.4) is 0 Å². The number of hydrogen-bond acceptors (Lipinski definition) is 5. The van der Waals surface area contributed by atoms with Crippen molar-refractivity contribution in [1.82, 2.24) is 4.90 Å². The number of benzene rings is 1. The zero-order valence-corrected chi connectivity index (χ0v) is 19.2. The summed E-state index contributed by atoms with van der Waals surface area (Å²) >= 11 is 0. The first kappa shape index (κ1) is 21.8. The highest BCUT2D eigenvalue weighted by Crippen LogP contribution is 2.56. The van der Waals surface area contributed by atoms with Crippen molar-refractivity contribution < 1.29 is 19.4 Å². The molecule has 6 atom stereocenters. The monoisotopic (exact) mass is 437 g/mol. The summed E-state index contributed by atoms with van der Waals surface area (Å²) < 4.78 is 5.82. The van der Waals surface area contributed by atoms with Crippen LogP contribution in [0.2, 0.25) is 0 Å². The lowest BCUT2D eigenvalue weighted by Crippen LogP contribution is -2.55. The number of fused-ring (bicyclic) bond motifs is 2. The Hall–Kier alpha value is -1.98. The van der Waals surface area contributed by atoms with E-state index in [4.69, 9.17) is 4.74 Å². The fourth-order valence-electron chi connectivity index (χ4n) is 6.77. The van der Waals surface area contributed by atoms with Crippen LogP contribution in [0.1, 0.15) is 56.3 Å². The number of esters is 1. The van der Waals surface area contributed by atoms with E-state index in [9.17, 15) is 14.7 Å². The summed E-state index contributed by atoms with van der Waals surface area (Å²) in [6.07, 6.45) is 6.02. The highest BCUT2D eigenvalue weighted by Gasteiger charge is 2.59. The molecule has 0 amide bonds. The molecule has 1 saturated carbocycles. The minimum absolute atomic E-state index is 0.0480. The molecule has 5 nitrogen and oxygen atoms in total. The van der Waals surface area contributed by atoms with Crippen LogP contribution in [0.5, 0.6) is 0 Å². The van der Waals surface area contributed by atoms with Gasteiger partial charge in [-0.1, -0.05) is 55.8 Å². The lowest BCUT2D eigenvalue weighted by Gasteiger charge is -2.52. The first-order valence-electron chi connectivity index (χ1n) is 12.3. The molecule has 3 fully saturated rings. The number of piperidine rings is 1. The molecule has 5 heteroatoms. The number of ether oxygens (including phenoxy) is 1. The number of nitrogens with zero attached hydrogens (tertiary/aromatic N) is 1. The molecule has 1 aromatic rings. The van der Waals surface area contributed by atoms with Crippen LogP contribution >= 0.6 is 0 Å². The van der Waals surface area contributed by atoms with Crippen LogP contribution in [-0.2, 0) is 9.53 Å². The molecule has 1 N–H and O–H groups in total. The number of ketones is 1. The molecule has 172 valence electrons. The summed E-state index contributed by atoms with van der Waals surface area (Å²) in [5.74, 6) is 0.0862. The molecule has 0 spiro atoms. The summed E-state index contributed by atoms with van der Waals surface area (Å²) in [5, 5.41) is 11.5. The summed E-state index contributed by atoms with van der Waals surface area (Å²) in [6.45, 7) is 6.65. The number of carbonyl (C=O) groups excluding carboxylic acids is 2. The fraction of sp³-hybridized carbons (Fsp3) is 0.630. The molecule has 2 aliphatic heterocycles. The Morgan fingerprint density at radius 2 is 1.91 bits per heavy atom. The molecule has 0 aromatic heterocycles. The third kappa shape index (κ3) is 3.54. The zero-order chi connectivity index (χ0) is 22.5. The van der Waals surface area contributed by atoms with Gasteiger partial charge in [-0.2, -0.15) is 0 Å². The van der Waals surface area contributed by atoms with Gasteiger partial charge in [0.05, 0.1) is 12.0 Å². The number of rotatable bonds is 4. The fourth-order valence-corrected chi connectivity index (χ4v) is 6.77. The number of allylic oxidation sites excluding steroid dienone is 1. The number of Topliss-reactive ketones (excluding diaryl/α,β-unsaturated/α-hetero) is 1. The van der Waals surface area contributed by atoms with Gasteiger partial charge in [0.15, 0.2) is 5.78 Å². The van der Waals surface area contributed by atoms with Crippen LogP contribution < -0.4 is 0 Å². The third-order valence-corrected chi connectivity index (χ3v) is 9.04. The predicted octanol–water partition coefficient (Wildman–Crippen LogP) is 3.87. The van der Waals surface area contributed by atoms with E-state index in [1.165, 1.54) is 5.57 Å². The minimum Gasteiger partial charge on any atom is -0.461 e. The Morgan fingerprint density at radius 3 is 2.62 bits per heavy atom. The lowest BCUT2D eigenvalue weighted by atomic mass is 9.55. The van der Waals surface area contributed by atoms with E-state index in [0.717, 1.165) is 50.8 Å². The topological polar surface area (TPSA) is 66.8 Å². The number of carbonyl (C=O) groups is 2. The SMILES string of the molecule is C[C@@H]1CCC=C2C[C@H]3OC(=O)[C@@H](CN4CCC(C(=O)c5ccccc5)CC4)[C@H]3[C@@H](O)[C@@]21C. The average molecular weight is 438 g/mol. The summed E-state index contributed by atoms with van der Waals surface area (Å²) in [5.41, 5.74) is 1.80. The van der Waals surface area contributed by atoms with E-state index in [2.05, 4.69) is 24.8 Å². The van der Waals surface area contributed by atoms with E-state index in [0.29, 0.717) is 12.5 Å². The molecule has 4 aliphatic rings. The van der Waals surface area contributed by atoms with Gasteiger partial charge in [0.2, 0.25) is 0 Å². The molecule has 32 heavy (non-hydrogen) atoms. The molecular formula is C27H35NO4. The predicted molar refractivity (Wildman–Crippen MR) is 122 cm³/mol. The standard InChI is InChI=1S/C27H35NO4/c1-17-7-6-10-20-15-22-23(25(30)27(17,20)2)21(26(31)32-22)16-28-13-11-19(12-14-28)24(29)18-8-4-3-5-9-18/h3-5,8-10,17,19,21-23,25,30H,6-7,11-16H2,1-2H3/t17-,21+,22-,23-,25-,27-/m1/s1. The lowest BCUT2D eigenvalue weighted by molar-refractivity contribution is -0.145. The quantitative estimate of drug-likeness (QED) is 0.440. The molecule has 0 bridgehead atoms. The number of likely N-dealkylation sites (tertiary alicyclic amines) is 1. The van der Waals surface area contributed by atoms with Crippen molar-refractivity contribution in [1.29, 1.82) is 0 Å². The largest absolute Gasteiger partial charge is 0.461 e. The van der Waals surface area contributed by atoms with E-state index in [-0.39, 0.29) is 41.0 Å². The van der Waals surface area contributed by atoms with Gasteiger partial charge in [-0.3, -0.25) is 9.59 Å². The van der Waals surface area contributed by atoms with Crippen molar-refractivity contribution in [2.24, 2.45) is 29.1 Å². The van der Waals surface area contributed by atoms with Crippen molar-refractivity contribution in [3.8, 4) is 0 Å². The highest BCUT2D eigenvalue weighted by atomic mass is 16.6. The zero-order valence-electron chi connectivity index (χ0n) is 19.2. The summed E-state index contributed by atoms with van der Waals surface area (Å²) in [7, 11) is 0. The normalized spacial score (nSPS) is 37.9. The first-order chi connectivity index (χ1) is 15.4. The second-order valence-corrected chi connectivity index (χ2v) is 10.6. The van der Waals surface area contributed by atoms with Gasteiger partial charge in [0, 0.05) is 35.8 Å². The highest BCUT2D eigenvalue weighted by molar-refractivity contribution is 5.97. The van der Waals surface area contributed by atoms with Crippen molar-refractivity contribution in [2.45, 2.75) is 58.2 Å². The van der Waals surface area contributed by atoms with Gasteiger partial charge in [-0.05, 0) is 44.7 Å². The Kier molecular flexibility index (Phi) is 5.75. The van der Waals surface area contributed by atoms with Gasteiger partial charge in [0.25, 0.3) is 0 Å². The second-order valence-electron chi connectivity index (χ2n) is 10.6. The van der Waals surface area contributed by atoms with Crippen LogP contribution in [0, 0.1) is 29.1 Å². The van der Waals surface area contributed by atoms with Crippen molar-refractivity contribution in [3.05, 3.63) is 47.5 Å². The molecule has 0 unspecified atom stereocenters. The van der Waals surface area contributed by atoms with Crippen molar-refractivity contribution in [2.75, 3.05) is 19.6 Å². The van der Waals surface area contributed by atoms with Crippen LogP contribution in [0.25, 0.3) is 0 Å². The maximum Gasteiger partial charge on any atom is 0.311 e. The van der Waals surface area contributed by atoms with E-state index in [1.807, 2.05) is 30.3 Å². The Labute approximate surface area is 190 Å². The summed E-state index contributed by atoms with van der Waals surface area (Å²) in [6, 6.07) is 9.54. The van der Waals surface area contributed by atoms with Gasteiger partial charge in [0.1, 0.15) is 6.10 Å². The van der Waals surface area contributed by atoms with E-state index >= 15 is 0 Å². The maximum atomic E-state index is 12.9.